The van der Waals surface area contributed by atoms with Crippen molar-refractivity contribution in [3.8, 4) is 5.75 Å². The normalized spacial score (nSPS) is 11.8. The molecule has 0 spiro atoms. The van der Waals surface area contributed by atoms with Crippen molar-refractivity contribution >= 4 is 10.0 Å². The lowest BCUT2D eigenvalue weighted by molar-refractivity contribution is 0.399. The zero-order valence-corrected chi connectivity index (χ0v) is 17.5. The minimum absolute atomic E-state index is 0.116. The summed E-state index contributed by atoms with van der Waals surface area (Å²) in [6.45, 7) is 4.81. The van der Waals surface area contributed by atoms with Crippen LogP contribution in [0.15, 0.2) is 59.6 Å². The summed E-state index contributed by atoms with van der Waals surface area (Å²) in [6, 6.07) is 12.1. The minimum atomic E-state index is -3.80. The largest absolute Gasteiger partial charge is 0.497 e. The molecule has 29 heavy (non-hydrogen) atoms. The Bertz CT molecular complexity index is 1060. The summed E-state index contributed by atoms with van der Waals surface area (Å²) in [5.74, 6) is 0.215. The molecule has 0 saturated carbocycles. The van der Waals surface area contributed by atoms with Gasteiger partial charge in [0.05, 0.1) is 17.7 Å². The average Bonchev–Trinajstić information content (AvgIpc) is 3.08. The molecule has 0 aliphatic heterocycles. The fourth-order valence-electron chi connectivity index (χ4n) is 2.98. The molecule has 0 amide bonds. The van der Waals surface area contributed by atoms with Crippen LogP contribution < -0.4 is 4.74 Å². The zero-order valence-electron chi connectivity index (χ0n) is 16.7. The van der Waals surface area contributed by atoms with E-state index in [1.165, 1.54) is 35.7 Å². The van der Waals surface area contributed by atoms with E-state index >= 15 is 0 Å². The maximum atomic E-state index is 13.4. The summed E-state index contributed by atoms with van der Waals surface area (Å²) >= 11 is 0. The quantitative estimate of drug-likeness (QED) is 0.560. The first-order valence-electron chi connectivity index (χ1n) is 9.25. The molecule has 0 N–H and O–H groups in total. The number of nitrogens with zero attached hydrogens (tertiary/aromatic N) is 3. The van der Waals surface area contributed by atoms with Crippen LogP contribution in [-0.4, -0.2) is 29.6 Å². The second kappa shape index (κ2) is 8.75. The number of aromatic nitrogens is 2. The molecular formula is C21H24FN3O3S. The van der Waals surface area contributed by atoms with E-state index in [-0.39, 0.29) is 23.8 Å². The third kappa shape index (κ3) is 4.83. The highest BCUT2D eigenvalue weighted by molar-refractivity contribution is 7.89. The van der Waals surface area contributed by atoms with Crippen LogP contribution in [0.1, 0.15) is 23.7 Å². The molecule has 6 nitrogen and oxygen atoms in total. The van der Waals surface area contributed by atoms with Gasteiger partial charge in [-0.25, -0.2) is 12.8 Å². The van der Waals surface area contributed by atoms with Gasteiger partial charge in [0.25, 0.3) is 0 Å². The monoisotopic (exact) mass is 417 g/mol. The lowest BCUT2D eigenvalue weighted by atomic mass is 10.2. The van der Waals surface area contributed by atoms with Crippen LogP contribution in [-0.2, 0) is 29.7 Å². The number of rotatable bonds is 8. The number of sulfonamides is 1. The van der Waals surface area contributed by atoms with Gasteiger partial charge in [0.15, 0.2) is 0 Å². The van der Waals surface area contributed by atoms with Gasteiger partial charge >= 0.3 is 0 Å². The molecule has 1 heterocycles. The molecule has 0 aliphatic carbocycles. The van der Waals surface area contributed by atoms with Crippen molar-refractivity contribution in [1.82, 2.24) is 14.1 Å². The molecule has 2 aromatic carbocycles. The van der Waals surface area contributed by atoms with E-state index < -0.39 is 10.0 Å². The van der Waals surface area contributed by atoms with E-state index in [4.69, 9.17) is 4.74 Å². The fraction of sp³-hybridized carbons (Fsp3) is 0.286. The summed E-state index contributed by atoms with van der Waals surface area (Å²) in [4.78, 5) is 0.168. The van der Waals surface area contributed by atoms with E-state index in [9.17, 15) is 12.8 Å². The van der Waals surface area contributed by atoms with E-state index in [1.54, 1.807) is 28.9 Å². The Morgan fingerprint density at radius 1 is 1.07 bits per heavy atom. The van der Waals surface area contributed by atoms with Gasteiger partial charge in [-0.1, -0.05) is 12.1 Å². The average molecular weight is 418 g/mol. The maximum absolute atomic E-state index is 13.4. The molecule has 0 saturated heterocycles. The first kappa shape index (κ1) is 21.0. The van der Waals surface area contributed by atoms with E-state index in [0.29, 0.717) is 17.9 Å². The molecule has 154 valence electrons. The fourth-order valence-corrected chi connectivity index (χ4v) is 4.39. The predicted molar refractivity (Wildman–Crippen MR) is 108 cm³/mol. The van der Waals surface area contributed by atoms with Crippen molar-refractivity contribution in [2.75, 3.05) is 7.11 Å². The van der Waals surface area contributed by atoms with E-state index in [2.05, 4.69) is 5.10 Å². The summed E-state index contributed by atoms with van der Waals surface area (Å²) in [7, 11) is -2.27. The number of aryl methyl sites for hydroxylation is 2. The van der Waals surface area contributed by atoms with Crippen LogP contribution in [0.25, 0.3) is 0 Å². The third-order valence-corrected chi connectivity index (χ3v) is 6.49. The lowest BCUT2D eigenvalue weighted by Crippen LogP contribution is -2.30. The van der Waals surface area contributed by atoms with Crippen LogP contribution in [0.3, 0.4) is 0 Å². The van der Waals surface area contributed by atoms with E-state index in [1.807, 2.05) is 20.0 Å². The Hall–Kier alpha value is -2.71. The maximum Gasteiger partial charge on any atom is 0.243 e. The molecular weight excluding hydrogens is 393 g/mol. The molecule has 0 radical (unpaired) electrons. The summed E-state index contributed by atoms with van der Waals surface area (Å²) in [5, 5.41) is 4.41. The van der Waals surface area contributed by atoms with Crippen molar-refractivity contribution in [2.24, 2.45) is 0 Å². The van der Waals surface area contributed by atoms with Crippen molar-refractivity contribution < 1.29 is 17.5 Å². The molecule has 0 atom stereocenters. The number of halogens is 1. The summed E-state index contributed by atoms with van der Waals surface area (Å²) < 4.78 is 48.3. The van der Waals surface area contributed by atoms with Crippen LogP contribution >= 0.6 is 0 Å². The molecule has 0 aliphatic rings. The van der Waals surface area contributed by atoms with Gasteiger partial charge in [-0.15, -0.1) is 0 Å². The van der Waals surface area contributed by atoms with Gasteiger partial charge in [-0.2, -0.15) is 9.40 Å². The number of methoxy groups -OCH3 is 1. The Balaban J connectivity index is 1.97. The van der Waals surface area contributed by atoms with Gasteiger partial charge < -0.3 is 4.74 Å². The highest BCUT2D eigenvalue weighted by Crippen LogP contribution is 2.24. The van der Waals surface area contributed by atoms with Gasteiger partial charge in [-0.05, 0) is 55.8 Å². The molecule has 1 aromatic heterocycles. The molecule has 0 unspecified atom stereocenters. The highest BCUT2D eigenvalue weighted by atomic mass is 32.2. The molecule has 8 heteroatoms. The first-order chi connectivity index (χ1) is 13.8. The Morgan fingerprint density at radius 3 is 2.28 bits per heavy atom. The first-order valence-corrected chi connectivity index (χ1v) is 10.7. The lowest BCUT2D eigenvalue weighted by Gasteiger charge is -2.22. The second-order valence-electron chi connectivity index (χ2n) is 6.67. The van der Waals surface area contributed by atoms with Crippen LogP contribution in [0.5, 0.6) is 5.75 Å². The second-order valence-corrected chi connectivity index (χ2v) is 8.61. The standard InChI is InChI=1S/C21H24FN3O3S/c1-4-24-14-18(16(2)23-24)15-25(13-17-5-7-19(22)8-6-17)29(26,27)21-11-9-20(28-3)10-12-21/h5-12,14H,4,13,15H2,1-3H3. The highest BCUT2D eigenvalue weighted by Gasteiger charge is 2.26. The number of ether oxygens (including phenoxy) is 1. The van der Waals surface area contributed by atoms with Gasteiger partial charge in [0.2, 0.25) is 10.0 Å². The van der Waals surface area contributed by atoms with Crippen molar-refractivity contribution in [1.29, 1.82) is 0 Å². The summed E-state index contributed by atoms with van der Waals surface area (Å²) in [5.41, 5.74) is 2.30. The predicted octanol–water partition coefficient (Wildman–Crippen LogP) is 3.75. The third-order valence-electron chi connectivity index (χ3n) is 4.69. The minimum Gasteiger partial charge on any atom is -0.497 e. The van der Waals surface area contributed by atoms with Crippen molar-refractivity contribution in [3.63, 3.8) is 0 Å². The van der Waals surface area contributed by atoms with Crippen molar-refractivity contribution in [3.05, 3.63) is 77.4 Å². The van der Waals surface area contributed by atoms with Gasteiger partial charge in [0, 0.05) is 31.4 Å². The van der Waals surface area contributed by atoms with Crippen LogP contribution in [0.2, 0.25) is 0 Å². The topological polar surface area (TPSA) is 64.4 Å². The number of hydrogen-bond acceptors (Lipinski definition) is 4. The van der Waals surface area contributed by atoms with E-state index in [0.717, 1.165) is 11.3 Å². The molecule has 0 fully saturated rings. The number of benzene rings is 2. The smallest absolute Gasteiger partial charge is 0.243 e. The molecule has 3 rings (SSSR count). The Labute approximate surface area is 170 Å². The molecule has 3 aromatic rings. The van der Waals surface area contributed by atoms with Crippen molar-refractivity contribution in [2.45, 2.75) is 38.4 Å². The Kier molecular flexibility index (Phi) is 6.34. The zero-order chi connectivity index (χ0) is 21.0. The van der Waals surface area contributed by atoms with Crippen LogP contribution in [0.4, 0.5) is 4.39 Å². The Morgan fingerprint density at radius 2 is 1.72 bits per heavy atom. The van der Waals surface area contributed by atoms with Gasteiger partial charge in [0.1, 0.15) is 11.6 Å². The van der Waals surface area contributed by atoms with Crippen LogP contribution in [0, 0.1) is 12.7 Å². The SMILES string of the molecule is CCn1cc(CN(Cc2ccc(F)cc2)S(=O)(=O)c2ccc(OC)cc2)c(C)n1. The van der Waals surface area contributed by atoms with Gasteiger partial charge in [-0.3, -0.25) is 4.68 Å². The summed E-state index contributed by atoms with van der Waals surface area (Å²) in [6.07, 6.45) is 1.86. The molecule has 0 bridgehead atoms. The number of hydrogen-bond donors (Lipinski definition) is 0.